The number of rotatable bonds is 4. The lowest BCUT2D eigenvalue weighted by atomic mass is 9.98. The minimum absolute atomic E-state index is 0.342. The van der Waals surface area contributed by atoms with Gasteiger partial charge in [0.2, 0.25) is 0 Å². The van der Waals surface area contributed by atoms with Crippen LogP contribution in [0.5, 0.6) is 0 Å². The van der Waals surface area contributed by atoms with E-state index in [2.05, 4.69) is 9.88 Å². The van der Waals surface area contributed by atoms with Crippen molar-refractivity contribution in [2.75, 3.05) is 44.5 Å². The molecule has 0 aliphatic carbocycles. The Hall–Kier alpha value is -1.82. The Kier molecular flexibility index (Phi) is 4.79. The Morgan fingerprint density at radius 1 is 1.45 bits per heavy atom. The molecule has 1 aromatic rings. The lowest BCUT2D eigenvalue weighted by molar-refractivity contribution is 0.0602. The van der Waals surface area contributed by atoms with Crippen molar-refractivity contribution < 1.29 is 14.3 Å². The third-order valence-electron chi connectivity index (χ3n) is 3.67. The molecule has 20 heavy (non-hydrogen) atoms. The normalized spacial score (nSPS) is 16.2. The van der Waals surface area contributed by atoms with Crippen LogP contribution in [0.25, 0.3) is 0 Å². The number of esters is 1. The summed E-state index contributed by atoms with van der Waals surface area (Å²) >= 11 is 0. The molecule has 1 aromatic heterocycles. The number of ether oxygens (including phenoxy) is 2. The molecule has 2 N–H and O–H groups in total. The first-order chi connectivity index (χ1) is 9.65. The SMILES string of the molecule is COCC1CCN(c2cc(C(=O)OC)c(N)cn2)CC1. The van der Waals surface area contributed by atoms with Gasteiger partial charge in [-0.3, -0.25) is 0 Å². The summed E-state index contributed by atoms with van der Waals surface area (Å²) in [5, 5.41) is 0. The van der Waals surface area contributed by atoms with Crippen LogP contribution < -0.4 is 10.6 Å². The molecule has 0 atom stereocenters. The van der Waals surface area contributed by atoms with E-state index < -0.39 is 5.97 Å². The van der Waals surface area contributed by atoms with Crippen molar-refractivity contribution in [2.45, 2.75) is 12.8 Å². The summed E-state index contributed by atoms with van der Waals surface area (Å²) in [5.74, 6) is 0.945. The van der Waals surface area contributed by atoms with E-state index in [1.165, 1.54) is 13.3 Å². The van der Waals surface area contributed by atoms with E-state index >= 15 is 0 Å². The van der Waals surface area contributed by atoms with E-state index in [-0.39, 0.29) is 0 Å². The van der Waals surface area contributed by atoms with Gasteiger partial charge in [-0.2, -0.15) is 0 Å². The zero-order chi connectivity index (χ0) is 14.5. The van der Waals surface area contributed by atoms with Gasteiger partial charge in [0.15, 0.2) is 0 Å². The van der Waals surface area contributed by atoms with Crippen LogP contribution in [0.3, 0.4) is 0 Å². The second-order valence-electron chi connectivity index (χ2n) is 5.01. The molecule has 1 saturated heterocycles. The monoisotopic (exact) mass is 279 g/mol. The highest BCUT2D eigenvalue weighted by Crippen LogP contribution is 2.24. The molecule has 6 heteroatoms. The second kappa shape index (κ2) is 6.56. The molecule has 0 saturated carbocycles. The number of piperidine rings is 1. The summed E-state index contributed by atoms with van der Waals surface area (Å²) in [6, 6.07) is 1.71. The number of methoxy groups -OCH3 is 2. The van der Waals surface area contributed by atoms with Crippen LogP contribution in [-0.2, 0) is 9.47 Å². The van der Waals surface area contributed by atoms with Gasteiger partial charge in [-0.05, 0) is 24.8 Å². The van der Waals surface area contributed by atoms with Gasteiger partial charge in [0, 0.05) is 26.8 Å². The third kappa shape index (κ3) is 3.19. The molecule has 0 unspecified atom stereocenters. The van der Waals surface area contributed by atoms with Crippen molar-refractivity contribution in [2.24, 2.45) is 5.92 Å². The standard InChI is InChI=1S/C14H21N3O3/c1-19-9-10-3-5-17(6-4-10)13-7-11(14(18)20-2)12(15)8-16-13/h7-8,10H,3-6,9,15H2,1-2H3. The second-order valence-corrected chi connectivity index (χ2v) is 5.01. The van der Waals surface area contributed by atoms with E-state index in [1.54, 1.807) is 13.2 Å². The minimum Gasteiger partial charge on any atom is -0.465 e. The molecule has 2 rings (SSSR count). The van der Waals surface area contributed by atoms with Crippen molar-refractivity contribution in [1.29, 1.82) is 0 Å². The summed E-state index contributed by atoms with van der Waals surface area (Å²) < 4.78 is 9.92. The van der Waals surface area contributed by atoms with E-state index in [0.29, 0.717) is 17.2 Å². The fraction of sp³-hybridized carbons (Fsp3) is 0.571. The lowest BCUT2D eigenvalue weighted by Crippen LogP contribution is -2.35. The maximum atomic E-state index is 11.6. The summed E-state index contributed by atoms with van der Waals surface area (Å²) in [6.45, 7) is 2.62. The number of nitrogen functional groups attached to an aromatic ring is 1. The van der Waals surface area contributed by atoms with Crippen molar-refractivity contribution in [1.82, 2.24) is 4.98 Å². The van der Waals surface area contributed by atoms with Gasteiger partial charge >= 0.3 is 5.97 Å². The fourth-order valence-electron chi connectivity index (χ4n) is 2.48. The molecule has 1 aliphatic heterocycles. The van der Waals surface area contributed by atoms with Crippen molar-refractivity contribution in [3.63, 3.8) is 0 Å². The van der Waals surface area contributed by atoms with Gasteiger partial charge in [0.25, 0.3) is 0 Å². The summed E-state index contributed by atoms with van der Waals surface area (Å²) in [5.41, 5.74) is 6.47. The molecule has 0 radical (unpaired) electrons. The first kappa shape index (κ1) is 14.6. The molecule has 6 nitrogen and oxygen atoms in total. The van der Waals surface area contributed by atoms with Crippen molar-refractivity contribution in [3.05, 3.63) is 17.8 Å². The number of nitrogens with two attached hydrogens (primary N) is 1. The fourth-order valence-corrected chi connectivity index (χ4v) is 2.48. The average molecular weight is 279 g/mol. The quantitative estimate of drug-likeness (QED) is 0.837. The van der Waals surface area contributed by atoms with Crippen molar-refractivity contribution >= 4 is 17.5 Å². The Balaban J connectivity index is 2.08. The summed E-state index contributed by atoms with van der Waals surface area (Å²) in [4.78, 5) is 18.1. The molecule has 1 fully saturated rings. The molecule has 0 amide bonds. The number of nitrogens with zero attached hydrogens (tertiary/aromatic N) is 2. The first-order valence-corrected chi connectivity index (χ1v) is 6.73. The van der Waals surface area contributed by atoms with Gasteiger partial charge in [-0.25, -0.2) is 9.78 Å². The van der Waals surface area contributed by atoms with Gasteiger partial charge in [-0.15, -0.1) is 0 Å². The van der Waals surface area contributed by atoms with E-state index in [4.69, 9.17) is 15.2 Å². The summed E-state index contributed by atoms with van der Waals surface area (Å²) in [7, 11) is 3.08. The Morgan fingerprint density at radius 2 is 2.15 bits per heavy atom. The maximum absolute atomic E-state index is 11.6. The zero-order valence-electron chi connectivity index (χ0n) is 12.0. The minimum atomic E-state index is -0.430. The summed E-state index contributed by atoms with van der Waals surface area (Å²) in [6.07, 6.45) is 3.64. The molecule has 0 bridgehead atoms. The number of anilines is 2. The predicted molar refractivity (Wildman–Crippen MR) is 76.8 cm³/mol. The number of hydrogen-bond donors (Lipinski definition) is 1. The maximum Gasteiger partial charge on any atom is 0.340 e. The Labute approximate surface area is 118 Å². The number of hydrogen-bond acceptors (Lipinski definition) is 6. The van der Waals surface area contributed by atoms with E-state index in [0.717, 1.165) is 38.4 Å². The highest BCUT2D eigenvalue weighted by Gasteiger charge is 2.21. The van der Waals surface area contributed by atoms with Crippen LogP contribution in [0.1, 0.15) is 23.2 Å². The Morgan fingerprint density at radius 3 is 2.75 bits per heavy atom. The molecule has 1 aliphatic rings. The van der Waals surface area contributed by atoms with E-state index in [1.807, 2.05) is 0 Å². The highest BCUT2D eigenvalue weighted by atomic mass is 16.5. The Bertz CT molecular complexity index is 471. The molecule has 0 aromatic carbocycles. The number of aromatic nitrogens is 1. The van der Waals surface area contributed by atoms with Crippen LogP contribution in [-0.4, -0.2) is 44.9 Å². The van der Waals surface area contributed by atoms with Crippen molar-refractivity contribution in [3.8, 4) is 0 Å². The largest absolute Gasteiger partial charge is 0.465 e. The van der Waals surface area contributed by atoms with Gasteiger partial charge in [0.1, 0.15) is 5.82 Å². The van der Waals surface area contributed by atoms with Crippen LogP contribution in [0.15, 0.2) is 12.3 Å². The topological polar surface area (TPSA) is 77.7 Å². The molecule has 0 spiro atoms. The molecule has 110 valence electrons. The van der Waals surface area contributed by atoms with Gasteiger partial charge in [0.05, 0.1) is 24.6 Å². The molecule has 2 heterocycles. The smallest absolute Gasteiger partial charge is 0.340 e. The highest BCUT2D eigenvalue weighted by molar-refractivity contribution is 5.95. The van der Waals surface area contributed by atoms with Gasteiger partial charge in [-0.1, -0.05) is 0 Å². The van der Waals surface area contributed by atoms with Crippen LogP contribution in [0, 0.1) is 5.92 Å². The number of carbonyl (C=O) groups is 1. The number of pyridine rings is 1. The number of carbonyl (C=O) groups excluding carboxylic acids is 1. The van der Waals surface area contributed by atoms with Crippen LogP contribution in [0.4, 0.5) is 11.5 Å². The van der Waals surface area contributed by atoms with Gasteiger partial charge < -0.3 is 20.1 Å². The van der Waals surface area contributed by atoms with Crippen LogP contribution >= 0.6 is 0 Å². The predicted octanol–water partition coefficient (Wildman–Crippen LogP) is 1.31. The molecular weight excluding hydrogens is 258 g/mol. The van der Waals surface area contributed by atoms with Crippen LogP contribution in [0.2, 0.25) is 0 Å². The lowest BCUT2D eigenvalue weighted by Gasteiger charge is -2.32. The zero-order valence-corrected chi connectivity index (χ0v) is 12.0. The first-order valence-electron chi connectivity index (χ1n) is 6.73. The van der Waals surface area contributed by atoms with E-state index in [9.17, 15) is 4.79 Å². The average Bonchev–Trinajstić information content (AvgIpc) is 2.48. The third-order valence-corrected chi connectivity index (χ3v) is 3.67. The molecular formula is C14H21N3O3.